The molecule has 11 heteroatoms. The molecule has 8 nitrogen and oxygen atoms in total. The molecule has 1 N–H and O–H groups in total. The van der Waals surface area contributed by atoms with Crippen LogP contribution in [0.3, 0.4) is 0 Å². The SMILES string of the molecule is CCNC(=O)[C@@H](C)N(Cc1ccc(Cl)cc1Cl)C(=O)CN(c1ccc(Oc2ccccc2)cc1)S(=O)(=O)c1ccccc1. The molecule has 0 fully saturated rings. The van der Waals surface area contributed by atoms with Crippen LogP contribution in [0, 0.1) is 0 Å². The molecule has 4 aromatic carbocycles. The van der Waals surface area contributed by atoms with Crippen molar-refractivity contribution in [1.29, 1.82) is 0 Å². The number of nitrogens with one attached hydrogen (secondary N) is 1. The summed E-state index contributed by atoms with van der Waals surface area (Å²) in [6, 6.07) is 27.3. The van der Waals surface area contributed by atoms with Crippen LogP contribution in [-0.2, 0) is 26.2 Å². The van der Waals surface area contributed by atoms with Crippen molar-refractivity contribution >= 4 is 50.7 Å². The van der Waals surface area contributed by atoms with Crippen LogP contribution >= 0.6 is 23.2 Å². The summed E-state index contributed by atoms with van der Waals surface area (Å²) >= 11 is 12.5. The van der Waals surface area contributed by atoms with Crippen LogP contribution in [0.25, 0.3) is 0 Å². The van der Waals surface area contributed by atoms with E-state index in [1.54, 1.807) is 86.6 Å². The Morgan fingerprint density at radius 3 is 2.07 bits per heavy atom. The van der Waals surface area contributed by atoms with Gasteiger partial charge in [-0.2, -0.15) is 0 Å². The third-order valence-corrected chi connectivity index (χ3v) is 8.96. The van der Waals surface area contributed by atoms with E-state index in [1.165, 1.54) is 17.0 Å². The van der Waals surface area contributed by atoms with Crippen molar-refractivity contribution in [3.8, 4) is 11.5 Å². The van der Waals surface area contributed by atoms with Crippen molar-refractivity contribution in [2.45, 2.75) is 31.3 Å². The minimum absolute atomic E-state index is 0.0106. The van der Waals surface area contributed by atoms with Gasteiger partial charge in [-0.3, -0.25) is 13.9 Å². The molecule has 0 saturated heterocycles. The number of hydrogen-bond acceptors (Lipinski definition) is 5. The van der Waals surface area contributed by atoms with Crippen LogP contribution in [-0.4, -0.2) is 44.3 Å². The molecule has 0 aliphatic carbocycles. The van der Waals surface area contributed by atoms with E-state index in [9.17, 15) is 18.0 Å². The van der Waals surface area contributed by atoms with Crippen molar-refractivity contribution in [3.63, 3.8) is 0 Å². The monoisotopic (exact) mass is 639 g/mol. The highest BCUT2D eigenvalue weighted by Gasteiger charge is 2.32. The van der Waals surface area contributed by atoms with Gasteiger partial charge in [0.1, 0.15) is 24.1 Å². The van der Waals surface area contributed by atoms with Crippen molar-refractivity contribution in [1.82, 2.24) is 10.2 Å². The number of anilines is 1. The summed E-state index contributed by atoms with van der Waals surface area (Å²) in [5, 5.41) is 3.46. The molecule has 224 valence electrons. The Balaban J connectivity index is 1.70. The van der Waals surface area contributed by atoms with Gasteiger partial charge in [0.15, 0.2) is 0 Å². The van der Waals surface area contributed by atoms with Crippen LogP contribution in [0.4, 0.5) is 5.69 Å². The van der Waals surface area contributed by atoms with E-state index >= 15 is 0 Å². The summed E-state index contributed by atoms with van der Waals surface area (Å²) in [5.41, 5.74) is 0.795. The van der Waals surface area contributed by atoms with Gasteiger partial charge in [0, 0.05) is 23.1 Å². The second-order valence-corrected chi connectivity index (χ2v) is 12.3. The predicted octanol–water partition coefficient (Wildman–Crippen LogP) is 6.53. The van der Waals surface area contributed by atoms with Crippen molar-refractivity contribution in [2.75, 3.05) is 17.4 Å². The van der Waals surface area contributed by atoms with Crippen LogP contribution in [0.15, 0.2) is 108 Å². The molecule has 0 spiro atoms. The molecule has 43 heavy (non-hydrogen) atoms. The highest BCUT2D eigenvalue weighted by molar-refractivity contribution is 7.92. The van der Waals surface area contributed by atoms with Gasteiger partial charge >= 0.3 is 0 Å². The van der Waals surface area contributed by atoms with Gasteiger partial charge < -0.3 is 15.0 Å². The second kappa shape index (κ2) is 14.4. The normalized spacial score (nSPS) is 11.8. The number of rotatable bonds is 12. The first-order chi connectivity index (χ1) is 20.6. The molecule has 4 aromatic rings. The molecule has 0 saturated carbocycles. The number of carbonyl (C=O) groups excluding carboxylic acids is 2. The van der Waals surface area contributed by atoms with E-state index in [-0.39, 0.29) is 23.0 Å². The summed E-state index contributed by atoms with van der Waals surface area (Å²) in [7, 11) is -4.20. The Morgan fingerprint density at radius 2 is 1.47 bits per heavy atom. The molecular formula is C32H31Cl2N3O5S. The van der Waals surface area contributed by atoms with Gasteiger partial charge in [-0.25, -0.2) is 8.42 Å². The second-order valence-electron chi connectivity index (χ2n) is 9.56. The maximum atomic E-state index is 14.0. The van der Waals surface area contributed by atoms with Crippen molar-refractivity contribution in [3.05, 3.63) is 119 Å². The number of nitrogens with zero attached hydrogens (tertiary/aromatic N) is 2. The minimum Gasteiger partial charge on any atom is -0.457 e. The fraction of sp³-hybridized carbons (Fsp3) is 0.188. The van der Waals surface area contributed by atoms with E-state index in [1.807, 2.05) is 18.2 Å². The Kier molecular flexibility index (Phi) is 10.7. The van der Waals surface area contributed by atoms with Gasteiger partial charge in [0.25, 0.3) is 10.0 Å². The topological polar surface area (TPSA) is 96.0 Å². The maximum absolute atomic E-state index is 14.0. The maximum Gasteiger partial charge on any atom is 0.264 e. The number of hydrogen-bond donors (Lipinski definition) is 1. The summed E-state index contributed by atoms with van der Waals surface area (Å²) in [6.07, 6.45) is 0. The van der Waals surface area contributed by atoms with E-state index in [0.717, 1.165) is 4.31 Å². The molecule has 2 amide bonds. The predicted molar refractivity (Wildman–Crippen MR) is 169 cm³/mol. The fourth-order valence-electron chi connectivity index (χ4n) is 4.29. The Hall–Kier alpha value is -4.05. The van der Waals surface area contributed by atoms with Gasteiger partial charge in [0.05, 0.1) is 10.6 Å². The smallest absolute Gasteiger partial charge is 0.264 e. The molecule has 0 radical (unpaired) electrons. The quantitative estimate of drug-likeness (QED) is 0.190. The Labute approximate surface area is 261 Å². The lowest BCUT2D eigenvalue weighted by atomic mass is 10.1. The van der Waals surface area contributed by atoms with Crippen LogP contribution in [0.2, 0.25) is 10.0 Å². The largest absolute Gasteiger partial charge is 0.457 e. The Morgan fingerprint density at radius 1 is 0.860 bits per heavy atom. The zero-order chi connectivity index (χ0) is 31.0. The fourth-order valence-corrected chi connectivity index (χ4v) is 6.19. The highest BCUT2D eigenvalue weighted by Crippen LogP contribution is 2.29. The zero-order valence-corrected chi connectivity index (χ0v) is 25.9. The third-order valence-electron chi connectivity index (χ3n) is 6.59. The van der Waals surface area contributed by atoms with Gasteiger partial charge in [-0.05, 0) is 80.1 Å². The first-order valence-electron chi connectivity index (χ1n) is 13.5. The number of benzene rings is 4. The zero-order valence-electron chi connectivity index (χ0n) is 23.6. The van der Waals surface area contributed by atoms with E-state index in [0.29, 0.717) is 33.7 Å². The summed E-state index contributed by atoms with van der Waals surface area (Å²) in [6.45, 7) is 3.09. The molecule has 0 aliphatic heterocycles. The third kappa shape index (κ3) is 8.07. The standard InChI is InChI=1S/C32H31Cl2N3O5S/c1-3-35-32(39)23(2)36(21-24-14-15-25(33)20-30(24)34)31(38)22-37(43(40,41)29-12-8-5-9-13-29)26-16-18-28(19-17-26)42-27-10-6-4-7-11-27/h4-20,23H,3,21-22H2,1-2H3,(H,35,39)/t23-/m1/s1. The lowest BCUT2D eigenvalue weighted by molar-refractivity contribution is -0.139. The van der Waals surface area contributed by atoms with Crippen LogP contribution in [0.5, 0.6) is 11.5 Å². The van der Waals surface area contributed by atoms with E-state index in [4.69, 9.17) is 27.9 Å². The first kappa shape index (κ1) is 31.9. The number of halogens is 2. The molecular weight excluding hydrogens is 609 g/mol. The number of sulfonamides is 1. The van der Waals surface area contributed by atoms with Crippen molar-refractivity contribution < 1.29 is 22.7 Å². The molecule has 0 bridgehead atoms. The summed E-state index contributed by atoms with van der Waals surface area (Å²) < 4.78 is 34.7. The minimum atomic E-state index is -4.20. The Bertz CT molecular complexity index is 1650. The van der Waals surface area contributed by atoms with Crippen LogP contribution in [0.1, 0.15) is 19.4 Å². The molecule has 1 atom stereocenters. The number of likely N-dealkylation sites (N-methyl/N-ethyl adjacent to an activating group) is 1. The lowest BCUT2D eigenvalue weighted by Crippen LogP contribution is -2.51. The average Bonchev–Trinajstić information content (AvgIpc) is 3.00. The van der Waals surface area contributed by atoms with E-state index < -0.39 is 28.5 Å². The van der Waals surface area contributed by atoms with Crippen LogP contribution < -0.4 is 14.4 Å². The summed E-state index contributed by atoms with van der Waals surface area (Å²) in [5.74, 6) is 0.118. The number of carbonyl (C=O) groups is 2. The molecule has 0 aliphatic rings. The lowest BCUT2D eigenvalue weighted by Gasteiger charge is -2.32. The average molecular weight is 641 g/mol. The number of ether oxygens (including phenoxy) is 1. The molecule has 0 aromatic heterocycles. The van der Waals surface area contributed by atoms with E-state index in [2.05, 4.69) is 5.32 Å². The molecule has 0 heterocycles. The first-order valence-corrected chi connectivity index (χ1v) is 15.7. The van der Waals surface area contributed by atoms with Crippen molar-refractivity contribution in [2.24, 2.45) is 0 Å². The number of para-hydroxylation sites is 1. The number of amides is 2. The van der Waals surface area contributed by atoms with Gasteiger partial charge in [-0.1, -0.05) is 65.7 Å². The summed E-state index contributed by atoms with van der Waals surface area (Å²) in [4.78, 5) is 28.2. The molecule has 4 rings (SSSR count). The molecule has 0 unspecified atom stereocenters. The van der Waals surface area contributed by atoms with Gasteiger partial charge in [-0.15, -0.1) is 0 Å². The highest BCUT2D eigenvalue weighted by atomic mass is 35.5. The van der Waals surface area contributed by atoms with Gasteiger partial charge in [0.2, 0.25) is 11.8 Å².